The number of nitrogens with one attached hydrogen (secondary N) is 1. The third-order valence-electron chi connectivity index (χ3n) is 5.54. The number of nitrogens with zero attached hydrogens (tertiary/aromatic N) is 1. The fraction of sp³-hybridized carbons (Fsp3) is 0.333. The molecule has 2 atom stereocenters. The Morgan fingerprint density at radius 2 is 1.81 bits per heavy atom. The molecule has 0 aliphatic carbocycles. The summed E-state index contributed by atoms with van der Waals surface area (Å²) in [6.45, 7) is 7.80. The highest BCUT2D eigenvalue weighted by molar-refractivity contribution is 6.05. The molecular weight excluding hydrogens is 396 g/mol. The molecule has 0 unspecified atom stereocenters. The van der Waals surface area contributed by atoms with Crippen LogP contribution >= 0.6 is 0 Å². The second kappa shape index (κ2) is 8.71. The van der Waals surface area contributed by atoms with E-state index < -0.39 is 23.9 Å². The van der Waals surface area contributed by atoms with Crippen LogP contribution < -0.4 is 0 Å². The number of aromatic amines is 1. The van der Waals surface area contributed by atoms with Crippen LogP contribution in [0.4, 0.5) is 0 Å². The number of esters is 1. The summed E-state index contributed by atoms with van der Waals surface area (Å²) in [6.07, 6.45) is 2.36. The first-order valence-electron chi connectivity index (χ1n) is 10.1. The Labute approximate surface area is 181 Å². The number of Topliss-reactive ketones (excluding diaryl/α,β-unsaturated/α-hetero) is 2. The van der Waals surface area contributed by atoms with Crippen LogP contribution in [0, 0.1) is 13.8 Å². The standard InChI is InChI=1S/C24H26N2O5/c1-13-22(15(3)27)14(2)25-23(13)24(30)16(4)31-21(29)12-20-19-9-7-6-8-18(19)10-11-26(20)17(5)28/h6-11,16,20,25H,12H2,1-5H3/t16-,20+/m0/s1. The SMILES string of the molecule is CC(=O)c1c(C)[nH]c(C(=O)[C@H](C)OC(=O)C[C@@H]2c3ccccc3C=CN2C(C)=O)c1C. The zero-order valence-corrected chi connectivity index (χ0v) is 18.3. The van der Waals surface area contributed by atoms with Crippen LogP contribution in [0.1, 0.15) is 76.5 Å². The van der Waals surface area contributed by atoms with Crippen LogP contribution in [0.5, 0.6) is 0 Å². The molecule has 1 N–H and O–H groups in total. The lowest BCUT2D eigenvalue weighted by molar-refractivity contribution is -0.148. The first kappa shape index (κ1) is 22.2. The maximum absolute atomic E-state index is 12.9. The predicted octanol–water partition coefficient (Wildman–Crippen LogP) is 3.91. The third kappa shape index (κ3) is 4.35. The number of aromatic nitrogens is 1. The Hall–Kier alpha value is -3.48. The molecular formula is C24H26N2O5. The molecule has 1 aliphatic rings. The van der Waals surface area contributed by atoms with Gasteiger partial charge in [0.1, 0.15) is 0 Å². The fourth-order valence-electron chi connectivity index (χ4n) is 4.10. The number of ketones is 2. The predicted molar refractivity (Wildman–Crippen MR) is 116 cm³/mol. The Morgan fingerprint density at radius 1 is 1.13 bits per heavy atom. The van der Waals surface area contributed by atoms with Gasteiger partial charge in [0, 0.05) is 24.4 Å². The second-order valence-corrected chi connectivity index (χ2v) is 7.77. The molecule has 31 heavy (non-hydrogen) atoms. The fourth-order valence-corrected chi connectivity index (χ4v) is 4.10. The van der Waals surface area contributed by atoms with Crippen LogP contribution in [0.3, 0.4) is 0 Å². The lowest BCUT2D eigenvalue weighted by atomic mass is 9.94. The van der Waals surface area contributed by atoms with E-state index in [1.807, 2.05) is 30.3 Å². The third-order valence-corrected chi connectivity index (χ3v) is 5.54. The lowest BCUT2D eigenvalue weighted by Gasteiger charge is -2.32. The highest BCUT2D eigenvalue weighted by Gasteiger charge is 2.31. The van der Waals surface area contributed by atoms with Gasteiger partial charge in [-0.3, -0.25) is 19.2 Å². The van der Waals surface area contributed by atoms with E-state index in [9.17, 15) is 19.2 Å². The number of carbonyl (C=O) groups excluding carboxylic acids is 4. The molecule has 162 valence electrons. The van der Waals surface area contributed by atoms with Crippen LogP contribution in [-0.2, 0) is 14.3 Å². The molecule has 0 saturated carbocycles. The van der Waals surface area contributed by atoms with Crippen LogP contribution in [0.15, 0.2) is 30.5 Å². The minimum absolute atomic E-state index is 0.0833. The Kier molecular flexibility index (Phi) is 6.24. The smallest absolute Gasteiger partial charge is 0.308 e. The second-order valence-electron chi connectivity index (χ2n) is 7.77. The Balaban J connectivity index is 1.76. The van der Waals surface area contributed by atoms with Gasteiger partial charge in [-0.25, -0.2) is 0 Å². The monoisotopic (exact) mass is 422 g/mol. The van der Waals surface area contributed by atoms with Crippen molar-refractivity contribution in [3.8, 4) is 0 Å². The first-order chi connectivity index (χ1) is 14.6. The largest absolute Gasteiger partial charge is 0.454 e. The van der Waals surface area contributed by atoms with Gasteiger partial charge < -0.3 is 14.6 Å². The summed E-state index contributed by atoms with van der Waals surface area (Å²) in [5, 5.41) is 0. The molecule has 3 rings (SSSR count). The molecule has 0 spiro atoms. The van der Waals surface area contributed by atoms with Gasteiger partial charge in [-0.1, -0.05) is 24.3 Å². The quantitative estimate of drug-likeness (QED) is 0.562. The molecule has 1 aromatic carbocycles. The molecule has 0 saturated heterocycles. The van der Waals surface area contributed by atoms with Crippen molar-refractivity contribution in [1.82, 2.24) is 9.88 Å². The summed E-state index contributed by atoms with van der Waals surface area (Å²) in [6, 6.07) is 7.02. The molecule has 7 heteroatoms. The summed E-state index contributed by atoms with van der Waals surface area (Å²) in [5.41, 5.74) is 3.67. The molecule has 1 aliphatic heterocycles. The highest BCUT2D eigenvalue weighted by Crippen LogP contribution is 2.33. The molecule has 1 aromatic heterocycles. The van der Waals surface area contributed by atoms with Crippen LogP contribution in [0.25, 0.3) is 6.08 Å². The van der Waals surface area contributed by atoms with Gasteiger partial charge in [-0.05, 0) is 50.5 Å². The van der Waals surface area contributed by atoms with Crippen molar-refractivity contribution in [1.29, 1.82) is 0 Å². The number of ether oxygens (including phenoxy) is 1. The number of hydrogen-bond donors (Lipinski definition) is 1. The van der Waals surface area contributed by atoms with Gasteiger partial charge in [0.15, 0.2) is 11.9 Å². The van der Waals surface area contributed by atoms with Gasteiger partial charge in [0.25, 0.3) is 0 Å². The first-order valence-corrected chi connectivity index (χ1v) is 10.1. The van der Waals surface area contributed by atoms with E-state index in [4.69, 9.17) is 4.74 Å². The average Bonchev–Trinajstić information content (AvgIpc) is 3.01. The minimum atomic E-state index is -1.04. The molecule has 7 nitrogen and oxygen atoms in total. The van der Waals surface area contributed by atoms with Crippen molar-refractivity contribution in [2.45, 2.75) is 53.2 Å². The van der Waals surface area contributed by atoms with Crippen LogP contribution in [0.2, 0.25) is 0 Å². The summed E-state index contributed by atoms with van der Waals surface area (Å²) in [5.74, 6) is -1.33. The van der Waals surface area contributed by atoms with Crippen molar-refractivity contribution in [3.63, 3.8) is 0 Å². The maximum Gasteiger partial charge on any atom is 0.308 e. The maximum atomic E-state index is 12.9. The number of fused-ring (bicyclic) bond motifs is 1. The van der Waals surface area contributed by atoms with E-state index in [0.29, 0.717) is 16.8 Å². The number of rotatable bonds is 6. The summed E-state index contributed by atoms with van der Waals surface area (Å²) in [4.78, 5) is 53.9. The van der Waals surface area contributed by atoms with Gasteiger partial charge in [-0.15, -0.1) is 0 Å². The molecule has 2 heterocycles. The number of hydrogen-bond acceptors (Lipinski definition) is 5. The van der Waals surface area contributed by atoms with Gasteiger partial charge in [0.05, 0.1) is 18.2 Å². The van der Waals surface area contributed by atoms with Crippen LogP contribution in [-0.4, -0.2) is 39.4 Å². The van der Waals surface area contributed by atoms with Crippen molar-refractivity contribution in [2.75, 3.05) is 0 Å². The van der Waals surface area contributed by atoms with E-state index >= 15 is 0 Å². The average molecular weight is 422 g/mol. The lowest BCUT2D eigenvalue weighted by Crippen LogP contribution is -2.34. The normalized spacial score (nSPS) is 15.9. The molecule has 0 radical (unpaired) electrons. The minimum Gasteiger partial charge on any atom is -0.454 e. The Morgan fingerprint density at radius 3 is 2.42 bits per heavy atom. The van der Waals surface area contributed by atoms with E-state index in [1.54, 1.807) is 20.0 Å². The molecule has 1 amide bonds. The van der Waals surface area contributed by atoms with Crippen molar-refractivity contribution in [2.24, 2.45) is 0 Å². The summed E-state index contributed by atoms with van der Waals surface area (Å²) >= 11 is 0. The van der Waals surface area contributed by atoms with Crippen molar-refractivity contribution in [3.05, 3.63) is 64.1 Å². The zero-order valence-electron chi connectivity index (χ0n) is 18.3. The van der Waals surface area contributed by atoms with E-state index in [0.717, 1.165) is 11.1 Å². The summed E-state index contributed by atoms with van der Waals surface area (Å²) < 4.78 is 5.42. The number of benzene rings is 1. The van der Waals surface area contributed by atoms with Crippen molar-refractivity contribution >= 4 is 29.5 Å². The molecule has 0 fully saturated rings. The highest BCUT2D eigenvalue weighted by atomic mass is 16.5. The van der Waals surface area contributed by atoms with E-state index in [2.05, 4.69) is 4.98 Å². The van der Waals surface area contributed by atoms with E-state index in [-0.39, 0.29) is 23.8 Å². The van der Waals surface area contributed by atoms with Gasteiger partial charge in [0.2, 0.25) is 11.7 Å². The van der Waals surface area contributed by atoms with E-state index in [1.165, 1.54) is 25.7 Å². The summed E-state index contributed by atoms with van der Waals surface area (Å²) in [7, 11) is 0. The Bertz CT molecular complexity index is 1100. The number of carbonyl (C=O) groups is 4. The molecule has 0 bridgehead atoms. The number of H-pyrrole nitrogens is 1. The van der Waals surface area contributed by atoms with Gasteiger partial charge in [-0.2, -0.15) is 0 Å². The van der Waals surface area contributed by atoms with Crippen molar-refractivity contribution < 1.29 is 23.9 Å². The topological polar surface area (TPSA) is 96.5 Å². The molecule has 2 aromatic rings. The zero-order chi connectivity index (χ0) is 22.9. The number of aryl methyl sites for hydroxylation is 1. The number of amides is 1. The van der Waals surface area contributed by atoms with Gasteiger partial charge >= 0.3 is 5.97 Å².